The van der Waals surface area contributed by atoms with E-state index in [1.54, 1.807) is 11.9 Å². The molecular weight excluding hydrogens is 352 g/mol. The van der Waals surface area contributed by atoms with Crippen LogP contribution >= 0.6 is 0 Å². The van der Waals surface area contributed by atoms with E-state index in [4.69, 9.17) is 4.74 Å². The van der Waals surface area contributed by atoms with E-state index in [-0.39, 0.29) is 23.5 Å². The number of hydrogen-bond acceptors (Lipinski definition) is 4. The summed E-state index contributed by atoms with van der Waals surface area (Å²) in [5, 5.41) is 0. The van der Waals surface area contributed by atoms with Crippen LogP contribution in [-0.4, -0.2) is 45.0 Å². The third-order valence-corrected chi connectivity index (χ3v) is 5.86. The van der Waals surface area contributed by atoms with Crippen molar-refractivity contribution in [2.75, 3.05) is 43.2 Å². The summed E-state index contributed by atoms with van der Waals surface area (Å²) in [7, 11) is 1.79. The topological polar surface area (TPSA) is 49.9 Å². The van der Waals surface area contributed by atoms with E-state index >= 15 is 0 Å². The Morgan fingerprint density at radius 1 is 1.04 bits per heavy atom. The van der Waals surface area contributed by atoms with Gasteiger partial charge in [-0.15, -0.1) is 0 Å². The molecule has 5 nitrogen and oxygen atoms in total. The zero-order chi connectivity index (χ0) is 19.7. The highest BCUT2D eigenvalue weighted by Crippen LogP contribution is 2.38. The standard InChI is InChI=1S/C23H26N2O3/c1-16-15-20(19-5-3-4-6-21(19)24(2)23(16)27)22(26)17-7-9-18(10-8-17)25-11-13-28-14-12-25/h3-10,16,20H,11-15H2,1-2H3. The monoisotopic (exact) mass is 378 g/mol. The number of hydrogen-bond donors (Lipinski definition) is 0. The zero-order valence-corrected chi connectivity index (χ0v) is 16.4. The average molecular weight is 378 g/mol. The molecule has 0 bridgehead atoms. The molecule has 146 valence electrons. The van der Waals surface area contributed by atoms with Gasteiger partial charge in [-0.25, -0.2) is 0 Å². The number of para-hydroxylation sites is 1. The van der Waals surface area contributed by atoms with Gasteiger partial charge in [-0.2, -0.15) is 0 Å². The van der Waals surface area contributed by atoms with E-state index in [0.29, 0.717) is 12.0 Å². The Morgan fingerprint density at radius 2 is 1.71 bits per heavy atom. The van der Waals surface area contributed by atoms with Crippen LogP contribution in [0.2, 0.25) is 0 Å². The van der Waals surface area contributed by atoms with Crippen molar-refractivity contribution >= 4 is 23.1 Å². The number of carbonyl (C=O) groups excluding carboxylic acids is 2. The number of amides is 1. The van der Waals surface area contributed by atoms with E-state index in [1.165, 1.54) is 0 Å². The first-order valence-corrected chi connectivity index (χ1v) is 9.89. The predicted molar refractivity (Wildman–Crippen MR) is 110 cm³/mol. The number of anilines is 2. The maximum absolute atomic E-state index is 13.4. The number of morpholine rings is 1. The molecule has 2 unspecified atom stereocenters. The van der Waals surface area contributed by atoms with E-state index in [2.05, 4.69) is 4.90 Å². The molecule has 2 aliphatic rings. The quantitative estimate of drug-likeness (QED) is 0.767. The zero-order valence-electron chi connectivity index (χ0n) is 16.4. The molecule has 2 aromatic rings. The minimum atomic E-state index is -0.311. The summed E-state index contributed by atoms with van der Waals surface area (Å²) in [6.07, 6.45) is 0.532. The minimum absolute atomic E-state index is 0.0606. The van der Waals surface area contributed by atoms with Gasteiger partial charge in [-0.05, 0) is 42.3 Å². The van der Waals surface area contributed by atoms with Gasteiger partial charge in [-0.1, -0.05) is 25.1 Å². The van der Waals surface area contributed by atoms with Crippen molar-refractivity contribution in [3.05, 3.63) is 59.7 Å². The van der Waals surface area contributed by atoms with Crippen LogP contribution in [0.4, 0.5) is 11.4 Å². The predicted octanol–water partition coefficient (Wildman–Crippen LogP) is 3.49. The van der Waals surface area contributed by atoms with Gasteiger partial charge >= 0.3 is 0 Å². The Balaban J connectivity index is 1.63. The number of carbonyl (C=O) groups is 2. The van der Waals surface area contributed by atoms with Crippen LogP contribution in [0.3, 0.4) is 0 Å². The summed E-state index contributed by atoms with van der Waals surface area (Å²) in [5.41, 5.74) is 3.58. The van der Waals surface area contributed by atoms with Crippen molar-refractivity contribution in [1.82, 2.24) is 0 Å². The van der Waals surface area contributed by atoms with Crippen LogP contribution in [-0.2, 0) is 9.53 Å². The van der Waals surface area contributed by atoms with E-state index in [9.17, 15) is 9.59 Å². The first-order valence-electron chi connectivity index (χ1n) is 9.89. The Morgan fingerprint density at radius 3 is 2.43 bits per heavy atom. The third kappa shape index (κ3) is 3.42. The first kappa shape index (κ1) is 18.7. The van der Waals surface area contributed by atoms with E-state index in [1.807, 2.05) is 55.5 Å². The molecule has 1 fully saturated rings. The molecule has 2 aromatic carbocycles. The fourth-order valence-corrected chi connectivity index (χ4v) is 4.23. The molecule has 5 heteroatoms. The second-order valence-corrected chi connectivity index (χ2v) is 7.66. The fraction of sp³-hybridized carbons (Fsp3) is 0.391. The number of Topliss-reactive ketones (excluding diaryl/α,β-unsaturated/α-hetero) is 1. The lowest BCUT2D eigenvalue weighted by Gasteiger charge is -2.29. The Labute approximate surface area is 165 Å². The smallest absolute Gasteiger partial charge is 0.229 e. The molecule has 0 spiro atoms. The molecule has 0 aliphatic carbocycles. The van der Waals surface area contributed by atoms with Crippen molar-refractivity contribution in [2.45, 2.75) is 19.3 Å². The molecular formula is C23H26N2O3. The number of ketones is 1. The van der Waals surface area contributed by atoms with Crippen LogP contribution in [0.5, 0.6) is 0 Å². The summed E-state index contributed by atoms with van der Waals surface area (Å²) in [4.78, 5) is 30.0. The second-order valence-electron chi connectivity index (χ2n) is 7.66. The lowest BCUT2D eigenvalue weighted by atomic mass is 9.84. The molecule has 0 saturated carbocycles. The van der Waals surface area contributed by atoms with Crippen molar-refractivity contribution in [2.24, 2.45) is 5.92 Å². The van der Waals surface area contributed by atoms with Gasteiger partial charge in [0.1, 0.15) is 0 Å². The summed E-state index contributed by atoms with van der Waals surface area (Å²) < 4.78 is 5.41. The van der Waals surface area contributed by atoms with Crippen LogP contribution in [0.1, 0.15) is 35.2 Å². The highest BCUT2D eigenvalue weighted by atomic mass is 16.5. The second kappa shape index (κ2) is 7.76. The van der Waals surface area contributed by atoms with Crippen molar-refractivity contribution in [1.29, 1.82) is 0 Å². The summed E-state index contributed by atoms with van der Waals surface area (Å²) in [6.45, 7) is 5.12. The van der Waals surface area contributed by atoms with Gasteiger partial charge in [-0.3, -0.25) is 9.59 Å². The van der Waals surface area contributed by atoms with Gasteiger partial charge in [0.05, 0.1) is 19.1 Å². The van der Waals surface area contributed by atoms with Crippen LogP contribution < -0.4 is 9.80 Å². The van der Waals surface area contributed by atoms with Crippen molar-refractivity contribution in [3.8, 4) is 0 Å². The van der Waals surface area contributed by atoms with Crippen LogP contribution in [0.25, 0.3) is 0 Å². The molecule has 2 heterocycles. The molecule has 1 amide bonds. The van der Waals surface area contributed by atoms with E-state index < -0.39 is 0 Å². The van der Waals surface area contributed by atoms with Crippen LogP contribution in [0, 0.1) is 5.92 Å². The highest BCUT2D eigenvalue weighted by Gasteiger charge is 2.34. The molecule has 1 saturated heterocycles. The van der Waals surface area contributed by atoms with E-state index in [0.717, 1.165) is 43.2 Å². The van der Waals surface area contributed by atoms with Gasteiger partial charge in [0.25, 0.3) is 0 Å². The highest BCUT2D eigenvalue weighted by molar-refractivity contribution is 6.05. The van der Waals surface area contributed by atoms with Crippen molar-refractivity contribution in [3.63, 3.8) is 0 Å². The third-order valence-electron chi connectivity index (χ3n) is 5.86. The Kier molecular flexibility index (Phi) is 5.18. The molecule has 2 aliphatic heterocycles. The van der Waals surface area contributed by atoms with Gasteiger partial charge in [0.2, 0.25) is 5.91 Å². The average Bonchev–Trinajstić information content (AvgIpc) is 2.85. The summed E-state index contributed by atoms with van der Waals surface area (Å²) >= 11 is 0. The van der Waals surface area contributed by atoms with Crippen LogP contribution in [0.15, 0.2) is 48.5 Å². The first-order chi connectivity index (χ1) is 13.6. The number of rotatable bonds is 3. The summed E-state index contributed by atoms with van der Waals surface area (Å²) in [5.74, 6) is -0.366. The molecule has 0 radical (unpaired) electrons. The lowest BCUT2D eigenvalue weighted by molar-refractivity contribution is -0.121. The molecule has 28 heavy (non-hydrogen) atoms. The maximum atomic E-state index is 13.4. The normalized spacial score (nSPS) is 22.6. The SMILES string of the molecule is CC1CC(C(=O)c2ccc(N3CCOCC3)cc2)c2ccccc2N(C)C1=O. The molecule has 2 atom stereocenters. The molecule has 4 rings (SSSR count). The number of fused-ring (bicyclic) bond motifs is 1. The lowest BCUT2D eigenvalue weighted by Crippen LogP contribution is -2.36. The number of nitrogens with zero attached hydrogens (tertiary/aromatic N) is 2. The Bertz CT molecular complexity index is 872. The van der Waals surface area contributed by atoms with Gasteiger partial charge in [0, 0.05) is 43.0 Å². The minimum Gasteiger partial charge on any atom is -0.378 e. The van der Waals surface area contributed by atoms with Crippen molar-refractivity contribution < 1.29 is 14.3 Å². The summed E-state index contributed by atoms with van der Waals surface area (Å²) in [6, 6.07) is 15.6. The molecule has 0 aromatic heterocycles. The fourth-order valence-electron chi connectivity index (χ4n) is 4.23. The Hall–Kier alpha value is -2.66. The van der Waals surface area contributed by atoms with Gasteiger partial charge in [0.15, 0.2) is 5.78 Å². The maximum Gasteiger partial charge on any atom is 0.229 e. The number of ether oxygens (including phenoxy) is 1. The largest absolute Gasteiger partial charge is 0.378 e. The molecule has 0 N–H and O–H groups in total. The van der Waals surface area contributed by atoms with Gasteiger partial charge < -0.3 is 14.5 Å². The number of benzene rings is 2.